The largest absolute Gasteiger partial charge is 0.495 e. The minimum Gasteiger partial charge on any atom is -0.495 e. The number of hydrogen-bond acceptors (Lipinski definition) is 3. The molecular formula is C20H20ClNO2. The Morgan fingerprint density at radius 2 is 2.08 bits per heavy atom. The lowest BCUT2D eigenvalue weighted by Crippen LogP contribution is -2.24. The van der Waals surface area contributed by atoms with Gasteiger partial charge in [0.15, 0.2) is 0 Å². The van der Waals surface area contributed by atoms with E-state index in [1.807, 2.05) is 6.07 Å². The van der Waals surface area contributed by atoms with E-state index in [9.17, 15) is 0 Å². The molecule has 3 aliphatic rings. The standard InChI is InChI=1S/C20H20ClNO2/c1-22-8-7-14-10-18(21)19(23-2)11-16(14)17(12-22)15-6-5-13-4-3-9-24-20(13)15/h3-6,9-11,17H,7-8,12H2,1-2H3. The second-order valence-electron chi connectivity index (χ2n) is 6.44. The number of methoxy groups -OCH3 is 1. The van der Waals surface area contributed by atoms with E-state index in [1.165, 1.54) is 16.7 Å². The summed E-state index contributed by atoms with van der Waals surface area (Å²) in [4.78, 5) is 2.37. The summed E-state index contributed by atoms with van der Waals surface area (Å²) in [6.45, 7) is 1.96. The third kappa shape index (κ3) is 2.58. The molecule has 0 saturated carbocycles. The van der Waals surface area contributed by atoms with Crippen molar-refractivity contribution < 1.29 is 9.15 Å². The highest BCUT2D eigenvalue weighted by atomic mass is 35.5. The van der Waals surface area contributed by atoms with Gasteiger partial charge in [-0.1, -0.05) is 23.7 Å². The third-order valence-electron chi connectivity index (χ3n) is 4.93. The molecule has 24 heavy (non-hydrogen) atoms. The van der Waals surface area contributed by atoms with Crippen LogP contribution in [0.4, 0.5) is 0 Å². The minimum atomic E-state index is 0.238. The van der Waals surface area contributed by atoms with Gasteiger partial charge in [-0.05, 0) is 48.9 Å². The van der Waals surface area contributed by atoms with Gasteiger partial charge in [0.25, 0.3) is 0 Å². The average Bonchev–Trinajstić information content (AvgIpc) is 2.95. The zero-order chi connectivity index (χ0) is 16.7. The second-order valence-corrected chi connectivity index (χ2v) is 6.84. The molecule has 4 rings (SSSR count). The Bertz CT molecular complexity index is 842. The van der Waals surface area contributed by atoms with Gasteiger partial charge in [-0.3, -0.25) is 0 Å². The highest BCUT2D eigenvalue weighted by Gasteiger charge is 2.28. The van der Waals surface area contributed by atoms with Gasteiger partial charge in [0.05, 0.1) is 18.4 Å². The maximum atomic E-state index is 6.36. The van der Waals surface area contributed by atoms with Gasteiger partial charge < -0.3 is 14.1 Å². The lowest BCUT2D eigenvalue weighted by molar-refractivity contribution is 0.337. The lowest BCUT2D eigenvalue weighted by Gasteiger charge is -2.22. The van der Waals surface area contributed by atoms with Gasteiger partial charge in [-0.15, -0.1) is 0 Å². The third-order valence-corrected chi connectivity index (χ3v) is 5.22. The van der Waals surface area contributed by atoms with E-state index >= 15 is 0 Å². The molecule has 1 aromatic carbocycles. The van der Waals surface area contributed by atoms with Crippen molar-refractivity contribution in [2.45, 2.75) is 12.3 Å². The van der Waals surface area contributed by atoms with Crippen LogP contribution in [0.25, 0.3) is 11.3 Å². The van der Waals surface area contributed by atoms with Crippen LogP contribution in [-0.4, -0.2) is 32.1 Å². The zero-order valence-corrected chi connectivity index (χ0v) is 14.6. The molecule has 3 nitrogen and oxygen atoms in total. The van der Waals surface area contributed by atoms with Crippen molar-refractivity contribution in [1.82, 2.24) is 4.90 Å². The Hall–Kier alpha value is -1.97. The fourth-order valence-electron chi connectivity index (χ4n) is 3.68. The molecule has 0 N–H and O–H groups in total. The predicted octanol–water partition coefficient (Wildman–Crippen LogP) is 4.67. The molecular weight excluding hydrogens is 322 g/mol. The summed E-state index contributed by atoms with van der Waals surface area (Å²) in [5.41, 5.74) is 4.94. The molecule has 124 valence electrons. The smallest absolute Gasteiger partial charge is 0.137 e. The molecule has 0 radical (unpaired) electrons. The summed E-state index contributed by atoms with van der Waals surface area (Å²) in [6, 6.07) is 12.5. The maximum absolute atomic E-state index is 6.36. The molecule has 1 aromatic rings. The van der Waals surface area contributed by atoms with Gasteiger partial charge in [0.2, 0.25) is 0 Å². The predicted molar refractivity (Wildman–Crippen MR) is 96.4 cm³/mol. The summed E-state index contributed by atoms with van der Waals surface area (Å²) in [7, 11) is 3.83. The number of benzene rings is 1. The van der Waals surface area contributed by atoms with Crippen LogP contribution in [-0.2, 0) is 6.42 Å². The van der Waals surface area contributed by atoms with Crippen molar-refractivity contribution in [3.05, 3.63) is 64.4 Å². The van der Waals surface area contributed by atoms with Gasteiger partial charge in [-0.2, -0.15) is 0 Å². The van der Waals surface area contributed by atoms with Gasteiger partial charge in [-0.25, -0.2) is 0 Å². The molecule has 2 aliphatic heterocycles. The lowest BCUT2D eigenvalue weighted by atomic mass is 9.88. The topological polar surface area (TPSA) is 25.6 Å². The number of nitrogens with zero attached hydrogens (tertiary/aromatic N) is 1. The fraction of sp³-hybridized carbons (Fsp3) is 0.300. The Morgan fingerprint density at radius 3 is 2.92 bits per heavy atom. The van der Waals surface area contributed by atoms with Crippen LogP contribution in [0.15, 0.2) is 47.1 Å². The Morgan fingerprint density at radius 1 is 1.21 bits per heavy atom. The van der Waals surface area contributed by atoms with Crippen molar-refractivity contribution in [2.75, 3.05) is 27.2 Å². The SMILES string of the molecule is COc1cc2c(cc1Cl)CCN(C)CC2c1ccc2cccoc1-2. The molecule has 0 amide bonds. The molecule has 1 aliphatic carbocycles. The quantitative estimate of drug-likeness (QED) is 0.677. The first-order valence-electron chi connectivity index (χ1n) is 8.18. The number of fused-ring (bicyclic) bond motifs is 2. The molecule has 0 bridgehead atoms. The van der Waals surface area contributed by atoms with Gasteiger partial charge in [0.1, 0.15) is 11.5 Å². The number of ether oxygens (including phenoxy) is 1. The van der Waals surface area contributed by atoms with Crippen molar-refractivity contribution in [2.24, 2.45) is 0 Å². The monoisotopic (exact) mass is 341 g/mol. The van der Waals surface area contributed by atoms with E-state index in [1.54, 1.807) is 13.4 Å². The van der Waals surface area contributed by atoms with E-state index in [-0.39, 0.29) is 5.92 Å². The van der Waals surface area contributed by atoms with Crippen molar-refractivity contribution in [3.63, 3.8) is 0 Å². The molecule has 2 heterocycles. The van der Waals surface area contributed by atoms with E-state index < -0.39 is 0 Å². The van der Waals surface area contributed by atoms with Crippen LogP contribution in [0.1, 0.15) is 22.6 Å². The van der Waals surface area contributed by atoms with E-state index in [4.69, 9.17) is 20.8 Å². The summed E-state index contributed by atoms with van der Waals surface area (Å²) in [5.74, 6) is 1.94. The van der Waals surface area contributed by atoms with Crippen LogP contribution in [0, 0.1) is 0 Å². The molecule has 0 aromatic heterocycles. The highest BCUT2D eigenvalue weighted by molar-refractivity contribution is 6.32. The van der Waals surface area contributed by atoms with Crippen LogP contribution in [0.3, 0.4) is 0 Å². The molecule has 1 atom stereocenters. The Balaban J connectivity index is 1.88. The van der Waals surface area contributed by atoms with Crippen molar-refractivity contribution in [1.29, 1.82) is 0 Å². The molecule has 0 spiro atoms. The van der Waals surface area contributed by atoms with E-state index in [0.29, 0.717) is 5.02 Å². The minimum absolute atomic E-state index is 0.238. The van der Waals surface area contributed by atoms with Gasteiger partial charge in [0, 0.05) is 30.1 Å². The zero-order valence-electron chi connectivity index (χ0n) is 13.9. The summed E-state index contributed by atoms with van der Waals surface area (Å²) >= 11 is 6.36. The van der Waals surface area contributed by atoms with Crippen LogP contribution in [0.2, 0.25) is 5.02 Å². The summed E-state index contributed by atoms with van der Waals surface area (Å²) in [5, 5.41) is 0.677. The molecule has 4 heteroatoms. The summed E-state index contributed by atoms with van der Waals surface area (Å²) < 4.78 is 11.3. The number of halogens is 1. The normalized spacial score (nSPS) is 18.4. The van der Waals surface area contributed by atoms with Crippen molar-refractivity contribution in [3.8, 4) is 17.1 Å². The highest BCUT2D eigenvalue weighted by Crippen LogP contribution is 2.41. The fourth-order valence-corrected chi connectivity index (χ4v) is 3.94. The number of rotatable bonds is 2. The first-order valence-corrected chi connectivity index (χ1v) is 8.56. The summed E-state index contributed by atoms with van der Waals surface area (Å²) in [6.07, 6.45) is 2.73. The molecule has 0 saturated heterocycles. The number of likely N-dealkylation sites (N-methyl/N-ethyl adjacent to an activating group) is 1. The Labute approximate surface area is 147 Å². The van der Waals surface area contributed by atoms with E-state index in [2.05, 4.69) is 42.3 Å². The van der Waals surface area contributed by atoms with Gasteiger partial charge >= 0.3 is 0 Å². The maximum Gasteiger partial charge on any atom is 0.137 e. The Kier molecular flexibility index (Phi) is 3.99. The van der Waals surface area contributed by atoms with Crippen molar-refractivity contribution >= 4 is 11.6 Å². The van der Waals surface area contributed by atoms with Crippen LogP contribution < -0.4 is 4.74 Å². The molecule has 1 unspecified atom stereocenters. The van der Waals surface area contributed by atoms with E-state index in [0.717, 1.165) is 36.6 Å². The first kappa shape index (κ1) is 15.6. The first-order chi connectivity index (χ1) is 11.7. The van der Waals surface area contributed by atoms with Crippen LogP contribution in [0.5, 0.6) is 5.75 Å². The number of hydrogen-bond donors (Lipinski definition) is 0. The van der Waals surface area contributed by atoms with Crippen LogP contribution >= 0.6 is 11.6 Å². The molecule has 0 fully saturated rings. The average molecular weight is 342 g/mol. The second kappa shape index (κ2) is 6.15.